The summed E-state index contributed by atoms with van der Waals surface area (Å²) in [6, 6.07) is 2.73. The van der Waals surface area contributed by atoms with Crippen LogP contribution >= 0.6 is 11.3 Å². The number of hydrogen-bond donors (Lipinski definition) is 1. The van der Waals surface area contributed by atoms with Gasteiger partial charge in [-0.1, -0.05) is 0 Å². The highest BCUT2D eigenvalue weighted by Gasteiger charge is 2.17. The minimum Gasteiger partial charge on any atom is -0.325 e. The summed E-state index contributed by atoms with van der Waals surface area (Å²) in [5.41, 5.74) is 5.12. The third kappa shape index (κ3) is 2.37. The third-order valence-corrected chi connectivity index (χ3v) is 3.00. The molecule has 0 aliphatic heterocycles. The van der Waals surface area contributed by atoms with E-state index in [-0.39, 0.29) is 17.8 Å². The van der Waals surface area contributed by atoms with Crippen molar-refractivity contribution in [3.8, 4) is 0 Å². The first-order valence-electron chi connectivity index (χ1n) is 4.76. The molecular formula is C11H8F2N2OS. The molecule has 0 aliphatic rings. The highest BCUT2D eigenvalue weighted by Crippen LogP contribution is 2.17. The molecule has 0 amide bonds. The zero-order valence-corrected chi connectivity index (χ0v) is 9.43. The largest absolute Gasteiger partial charge is 0.325 e. The van der Waals surface area contributed by atoms with Crippen molar-refractivity contribution in [3.63, 3.8) is 0 Å². The van der Waals surface area contributed by atoms with Crippen LogP contribution in [0.3, 0.4) is 0 Å². The molecule has 17 heavy (non-hydrogen) atoms. The summed E-state index contributed by atoms with van der Waals surface area (Å²) in [6.45, 7) is 0.212. The number of hydrogen-bond acceptors (Lipinski definition) is 4. The number of ketones is 1. The van der Waals surface area contributed by atoms with Gasteiger partial charge in [-0.3, -0.25) is 4.79 Å². The smallest absolute Gasteiger partial charge is 0.215 e. The molecule has 0 unspecified atom stereocenters. The van der Waals surface area contributed by atoms with Crippen molar-refractivity contribution in [2.45, 2.75) is 6.54 Å². The van der Waals surface area contributed by atoms with E-state index in [1.165, 1.54) is 16.7 Å². The van der Waals surface area contributed by atoms with E-state index in [0.717, 1.165) is 18.2 Å². The lowest BCUT2D eigenvalue weighted by Crippen LogP contribution is -2.06. The van der Waals surface area contributed by atoms with E-state index < -0.39 is 17.4 Å². The van der Waals surface area contributed by atoms with Gasteiger partial charge in [-0.05, 0) is 18.2 Å². The molecule has 1 aromatic heterocycles. The van der Waals surface area contributed by atoms with Crippen LogP contribution in [0, 0.1) is 11.6 Å². The van der Waals surface area contributed by atoms with E-state index in [1.54, 1.807) is 0 Å². The molecule has 1 heterocycles. The predicted octanol–water partition coefficient (Wildman–Crippen LogP) is 2.11. The topological polar surface area (TPSA) is 56.0 Å². The van der Waals surface area contributed by atoms with Crippen molar-refractivity contribution in [2.24, 2.45) is 5.73 Å². The van der Waals surface area contributed by atoms with Gasteiger partial charge in [0.15, 0.2) is 0 Å². The number of carbonyl (C=O) groups is 1. The molecule has 6 heteroatoms. The SMILES string of the molecule is NCc1nc(C(=O)c2cc(F)ccc2F)cs1. The Bertz CT molecular complexity index is 568. The molecule has 0 saturated carbocycles. The average molecular weight is 254 g/mol. The number of carbonyl (C=O) groups excluding carboxylic acids is 1. The molecule has 0 spiro atoms. The van der Waals surface area contributed by atoms with E-state index in [2.05, 4.69) is 4.98 Å². The lowest BCUT2D eigenvalue weighted by molar-refractivity contribution is 0.103. The van der Waals surface area contributed by atoms with Gasteiger partial charge in [0, 0.05) is 11.9 Å². The molecule has 0 bridgehead atoms. The standard InChI is InChI=1S/C11H8F2N2OS/c12-6-1-2-8(13)7(3-6)11(16)9-5-17-10(4-14)15-9/h1-3,5H,4,14H2. The Morgan fingerprint density at radius 3 is 2.82 bits per heavy atom. The van der Waals surface area contributed by atoms with Crippen LogP contribution in [0.2, 0.25) is 0 Å². The van der Waals surface area contributed by atoms with E-state index in [1.807, 2.05) is 0 Å². The fourth-order valence-corrected chi connectivity index (χ4v) is 1.97. The van der Waals surface area contributed by atoms with Crippen LogP contribution < -0.4 is 5.73 Å². The van der Waals surface area contributed by atoms with Crippen molar-refractivity contribution < 1.29 is 13.6 Å². The molecule has 2 N–H and O–H groups in total. The summed E-state index contributed by atoms with van der Waals surface area (Å²) in [6.07, 6.45) is 0. The minimum absolute atomic E-state index is 0.0833. The second-order valence-corrected chi connectivity index (χ2v) is 4.23. The van der Waals surface area contributed by atoms with Crippen molar-refractivity contribution in [2.75, 3.05) is 0 Å². The molecule has 0 radical (unpaired) electrons. The summed E-state index contributed by atoms with van der Waals surface area (Å²) in [4.78, 5) is 15.8. The molecular weight excluding hydrogens is 246 g/mol. The zero-order chi connectivity index (χ0) is 12.4. The van der Waals surface area contributed by atoms with Gasteiger partial charge < -0.3 is 5.73 Å². The number of thiazole rings is 1. The van der Waals surface area contributed by atoms with Crippen LogP contribution in [0.5, 0.6) is 0 Å². The molecule has 2 aromatic rings. The number of benzene rings is 1. The Balaban J connectivity index is 2.39. The Morgan fingerprint density at radius 2 is 2.18 bits per heavy atom. The Labute approximate surface area is 99.9 Å². The van der Waals surface area contributed by atoms with Crippen LogP contribution in [0.25, 0.3) is 0 Å². The van der Waals surface area contributed by atoms with E-state index in [9.17, 15) is 13.6 Å². The monoisotopic (exact) mass is 254 g/mol. The first-order chi connectivity index (χ1) is 8.11. The molecule has 2 rings (SSSR count). The van der Waals surface area contributed by atoms with Gasteiger partial charge in [0.05, 0.1) is 5.56 Å². The second kappa shape index (κ2) is 4.68. The summed E-state index contributed by atoms with van der Waals surface area (Å²) < 4.78 is 26.3. The van der Waals surface area contributed by atoms with Crippen LogP contribution in [0.1, 0.15) is 21.1 Å². The fraction of sp³-hybridized carbons (Fsp3) is 0.0909. The summed E-state index contributed by atoms with van der Waals surface area (Å²) in [7, 11) is 0. The molecule has 0 atom stereocenters. The highest BCUT2D eigenvalue weighted by atomic mass is 32.1. The number of nitrogens with two attached hydrogens (primary N) is 1. The van der Waals surface area contributed by atoms with Crippen LogP contribution in [-0.2, 0) is 6.54 Å². The second-order valence-electron chi connectivity index (χ2n) is 3.28. The molecule has 0 saturated heterocycles. The van der Waals surface area contributed by atoms with E-state index >= 15 is 0 Å². The van der Waals surface area contributed by atoms with Crippen LogP contribution in [0.4, 0.5) is 8.78 Å². The summed E-state index contributed by atoms with van der Waals surface area (Å²) >= 11 is 1.21. The number of nitrogens with zero attached hydrogens (tertiary/aromatic N) is 1. The van der Waals surface area contributed by atoms with Crippen molar-refractivity contribution in [3.05, 3.63) is 51.5 Å². The first kappa shape index (κ1) is 11.8. The highest BCUT2D eigenvalue weighted by molar-refractivity contribution is 7.09. The Kier molecular flexibility index (Phi) is 3.26. The minimum atomic E-state index is -0.765. The summed E-state index contributed by atoms with van der Waals surface area (Å²) in [5, 5.41) is 2.06. The quantitative estimate of drug-likeness (QED) is 0.853. The average Bonchev–Trinajstić information content (AvgIpc) is 2.80. The van der Waals surface area contributed by atoms with Crippen molar-refractivity contribution >= 4 is 17.1 Å². The lowest BCUT2D eigenvalue weighted by atomic mass is 10.1. The predicted molar refractivity (Wildman–Crippen MR) is 59.8 cm³/mol. The lowest BCUT2D eigenvalue weighted by Gasteiger charge is -1.99. The molecule has 0 aliphatic carbocycles. The van der Waals surface area contributed by atoms with Gasteiger partial charge in [-0.15, -0.1) is 11.3 Å². The summed E-state index contributed by atoms with van der Waals surface area (Å²) in [5.74, 6) is -2.07. The normalized spacial score (nSPS) is 10.5. The first-order valence-corrected chi connectivity index (χ1v) is 5.64. The molecule has 1 aromatic carbocycles. The molecule has 3 nitrogen and oxygen atoms in total. The third-order valence-electron chi connectivity index (χ3n) is 2.13. The number of halogens is 2. The van der Waals surface area contributed by atoms with Gasteiger partial charge in [0.2, 0.25) is 5.78 Å². The van der Waals surface area contributed by atoms with E-state index in [4.69, 9.17) is 5.73 Å². The van der Waals surface area contributed by atoms with Crippen LogP contribution in [-0.4, -0.2) is 10.8 Å². The van der Waals surface area contributed by atoms with Gasteiger partial charge in [-0.25, -0.2) is 13.8 Å². The maximum absolute atomic E-state index is 13.4. The van der Waals surface area contributed by atoms with Gasteiger partial charge >= 0.3 is 0 Å². The Hall–Kier alpha value is -1.66. The zero-order valence-electron chi connectivity index (χ0n) is 8.61. The van der Waals surface area contributed by atoms with Crippen LogP contribution in [0.15, 0.2) is 23.6 Å². The maximum Gasteiger partial charge on any atom is 0.215 e. The van der Waals surface area contributed by atoms with Gasteiger partial charge in [-0.2, -0.15) is 0 Å². The molecule has 0 fully saturated rings. The Morgan fingerprint density at radius 1 is 1.41 bits per heavy atom. The maximum atomic E-state index is 13.4. The fourth-order valence-electron chi connectivity index (χ4n) is 1.32. The number of aromatic nitrogens is 1. The van der Waals surface area contributed by atoms with Crippen molar-refractivity contribution in [1.29, 1.82) is 0 Å². The van der Waals surface area contributed by atoms with Crippen molar-refractivity contribution in [1.82, 2.24) is 4.98 Å². The number of rotatable bonds is 3. The van der Waals surface area contributed by atoms with Gasteiger partial charge in [0.1, 0.15) is 22.3 Å². The molecule has 88 valence electrons. The van der Waals surface area contributed by atoms with Gasteiger partial charge in [0.25, 0.3) is 0 Å². The van der Waals surface area contributed by atoms with E-state index in [0.29, 0.717) is 5.01 Å².